The van der Waals surface area contributed by atoms with Gasteiger partial charge < -0.3 is 5.32 Å². The Morgan fingerprint density at radius 2 is 1.86 bits per heavy atom. The smallest absolute Gasteiger partial charge is 0.150 e. The SMILES string of the molecule is O=S1(=O)CCC(NCc2ccn(-c3ccccc3)n2)CC1. The zero-order chi connectivity index (χ0) is 14.7. The molecule has 1 aliphatic rings. The second kappa shape index (κ2) is 5.99. The van der Waals surface area contributed by atoms with Crippen LogP contribution in [-0.4, -0.2) is 35.7 Å². The van der Waals surface area contributed by atoms with E-state index >= 15 is 0 Å². The van der Waals surface area contributed by atoms with Crippen LogP contribution in [0.1, 0.15) is 18.5 Å². The van der Waals surface area contributed by atoms with Crippen LogP contribution in [0, 0.1) is 0 Å². The van der Waals surface area contributed by atoms with Gasteiger partial charge in [-0.05, 0) is 31.0 Å². The molecule has 2 aromatic rings. The summed E-state index contributed by atoms with van der Waals surface area (Å²) in [4.78, 5) is 0. The summed E-state index contributed by atoms with van der Waals surface area (Å²) in [6.45, 7) is 0.671. The molecule has 112 valence electrons. The van der Waals surface area contributed by atoms with E-state index in [-0.39, 0.29) is 6.04 Å². The number of hydrogen-bond donors (Lipinski definition) is 1. The van der Waals surface area contributed by atoms with Crippen molar-refractivity contribution in [3.8, 4) is 5.69 Å². The molecule has 0 saturated carbocycles. The van der Waals surface area contributed by atoms with Gasteiger partial charge in [0.1, 0.15) is 9.84 Å². The molecule has 0 spiro atoms. The number of sulfone groups is 1. The lowest BCUT2D eigenvalue weighted by atomic mass is 10.1. The van der Waals surface area contributed by atoms with Gasteiger partial charge >= 0.3 is 0 Å². The van der Waals surface area contributed by atoms with Gasteiger partial charge in [0, 0.05) is 18.8 Å². The standard InChI is InChI=1S/C15H19N3O2S/c19-21(20)10-7-13(8-11-21)16-12-14-6-9-18(17-14)15-4-2-1-3-5-15/h1-6,9,13,16H,7-8,10-12H2. The van der Waals surface area contributed by atoms with Crippen LogP contribution in [0.2, 0.25) is 0 Å². The van der Waals surface area contributed by atoms with Crippen LogP contribution in [0.4, 0.5) is 0 Å². The largest absolute Gasteiger partial charge is 0.308 e. The highest BCUT2D eigenvalue weighted by atomic mass is 32.2. The van der Waals surface area contributed by atoms with E-state index in [0.29, 0.717) is 30.9 Å². The van der Waals surface area contributed by atoms with Crippen molar-refractivity contribution in [2.24, 2.45) is 0 Å². The third kappa shape index (κ3) is 3.71. The molecule has 2 heterocycles. The number of hydrogen-bond acceptors (Lipinski definition) is 4. The Morgan fingerprint density at radius 1 is 1.14 bits per heavy atom. The first kappa shape index (κ1) is 14.3. The maximum absolute atomic E-state index is 11.4. The predicted molar refractivity (Wildman–Crippen MR) is 82.1 cm³/mol. The lowest BCUT2D eigenvalue weighted by molar-refractivity contribution is 0.459. The fraction of sp³-hybridized carbons (Fsp3) is 0.400. The topological polar surface area (TPSA) is 64.0 Å². The van der Waals surface area contributed by atoms with Crippen LogP contribution < -0.4 is 5.32 Å². The summed E-state index contributed by atoms with van der Waals surface area (Å²) in [7, 11) is -2.79. The van der Waals surface area contributed by atoms with Gasteiger partial charge in [-0.1, -0.05) is 18.2 Å². The second-order valence-corrected chi connectivity index (χ2v) is 7.70. The molecule has 0 atom stereocenters. The molecule has 0 amide bonds. The molecule has 1 aromatic carbocycles. The molecule has 1 N–H and O–H groups in total. The third-order valence-corrected chi connectivity index (χ3v) is 5.51. The van der Waals surface area contributed by atoms with Gasteiger partial charge in [0.25, 0.3) is 0 Å². The number of para-hydroxylation sites is 1. The molecule has 0 aliphatic carbocycles. The van der Waals surface area contributed by atoms with Crippen molar-refractivity contribution in [1.29, 1.82) is 0 Å². The van der Waals surface area contributed by atoms with Crippen molar-refractivity contribution in [1.82, 2.24) is 15.1 Å². The highest BCUT2D eigenvalue weighted by molar-refractivity contribution is 7.91. The number of benzene rings is 1. The minimum Gasteiger partial charge on any atom is -0.308 e. The van der Waals surface area contributed by atoms with E-state index in [4.69, 9.17) is 0 Å². The van der Waals surface area contributed by atoms with Gasteiger partial charge in [-0.15, -0.1) is 0 Å². The van der Waals surface area contributed by atoms with E-state index in [0.717, 1.165) is 11.4 Å². The first-order valence-electron chi connectivity index (χ1n) is 7.16. The van der Waals surface area contributed by atoms with E-state index in [9.17, 15) is 8.42 Å². The Morgan fingerprint density at radius 3 is 2.57 bits per heavy atom. The molecule has 1 aromatic heterocycles. The summed E-state index contributed by atoms with van der Waals surface area (Å²) in [5.41, 5.74) is 2.00. The maximum Gasteiger partial charge on any atom is 0.150 e. The van der Waals surface area contributed by atoms with Crippen molar-refractivity contribution in [3.63, 3.8) is 0 Å². The maximum atomic E-state index is 11.4. The summed E-state index contributed by atoms with van der Waals surface area (Å²) < 4.78 is 24.6. The monoisotopic (exact) mass is 305 g/mol. The molecule has 1 saturated heterocycles. The number of nitrogens with zero attached hydrogens (tertiary/aromatic N) is 2. The van der Waals surface area contributed by atoms with E-state index < -0.39 is 9.84 Å². The average Bonchev–Trinajstić information content (AvgIpc) is 2.96. The highest BCUT2D eigenvalue weighted by Gasteiger charge is 2.23. The summed E-state index contributed by atoms with van der Waals surface area (Å²) in [6.07, 6.45) is 3.33. The van der Waals surface area contributed by atoms with Gasteiger partial charge in [-0.2, -0.15) is 5.10 Å². The van der Waals surface area contributed by atoms with Gasteiger partial charge in [-0.3, -0.25) is 0 Å². The van der Waals surface area contributed by atoms with E-state index in [1.54, 1.807) is 0 Å². The van der Waals surface area contributed by atoms with Gasteiger partial charge in [-0.25, -0.2) is 13.1 Å². The van der Waals surface area contributed by atoms with Gasteiger partial charge in [0.15, 0.2) is 0 Å². The molecule has 1 aliphatic heterocycles. The van der Waals surface area contributed by atoms with E-state index in [1.807, 2.05) is 47.3 Å². The fourth-order valence-electron chi connectivity index (χ4n) is 2.52. The molecule has 1 fully saturated rings. The van der Waals surface area contributed by atoms with Crippen molar-refractivity contribution in [2.45, 2.75) is 25.4 Å². The molecular formula is C15H19N3O2S. The van der Waals surface area contributed by atoms with Crippen molar-refractivity contribution < 1.29 is 8.42 Å². The summed E-state index contributed by atoms with van der Waals surface area (Å²) in [5, 5.41) is 7.93. The number of rotatable bonds is 4. The van der Waals surface area contributed by atoms with Crippen LogP contribution >= 0.6 is 0 Å². The van der Waals surface area contributed by atoms with Crippen LogP contribution in [-0.2, 0) is 16.4 Å². The Kier molecular flexibility index (Phi) is 4.07. The Balaban J connectivity index is 1.56. The third-order valence-electron chi connectivity index (χ3n) is 3.79. The lowest BCUT2D eigenvalue weighted by Gasteiger charge is -2.22. The second-order valence-electron chi connectivity index (χ2n) is 5.39. The first-order chi connectivity index (χ1) is 10.1. The minimum atomic E-state index is -2.79. The van der Waals surface area contributed by atoms with Crippen LogP contribution in [0.5, 0.6) is 0 Å². The average molecular weight is 305 g/mol. The predicted octanol–water partition coefficient (Wildman–Crippen LogP) is 1.54. The van der Waals surface area contributed by atoms with Crippen molar-refractivity contribution in [2.75, 3.05) is 11.5 Å². The molecule has 5 nitrogen and oxygen atoms in total. The summed E-state index contributed by atoms with van der Waals surface area (Å²) in [5.74, 6) is 0.590. The molecule has 0 unspecified atom stereocenters. The Hall–Kier alpha value is -1.66. The van der Waals surface area contributed by atoms with Crippen molar-refractivity contribution >= 4 is 9.84 Å². The van der Waals surface area contributed by atoms with Crippen LogP contribution in [0.25, 0.3) is 5.69 Å². The highest BCUT2D eigenvalue weighted by Crippen LogP contribution is 2.13. The van der Waals surface area contributed by atoms with Gasteiger partial charge in [0.05, 0.1) is 22.9 Å². The zero-order valence-electron chi connectivity index (χ0n) is 11.8. The van der Waals surface area contributed by atoms with Crippen LogP contribution in [0.3, 0.4) is 0 Å². The van der Waals surface area contributed by atoms with Crippen LogP contribution in [0.15, 0.2) is 42.6 Å². The molecular weight excluding hydrogens is 286 g/mol. The quantitative estimate of drug-likeness (QED) is 0.930. The fourth-order valence-corrected chi connectivity index (χ4v) is 4.01. The molecule has 6 heteroatoms. The molecule has 0 radical (unpaired) electrons. The van der Waals surface area contributed by atoms with E-state index in [1.165, 1.54) is 0 Å². The van der Waals surface area contributed by atoms with Gasteiger partial charge in [0.2, 0.25) is 0 Å². The summed E-state index contributed by atoms with van der Waals surface area (Å²) >= 11 is 0. The number of aromatic nitrogens is 2. The number of nitrogens with one attached hydrogen (secondary N) is 1. The first-order valence-corrected chi connectivity index (χ1v) is 8.98. The molecule has 3 rings (SSSR count). The molecule has 21 heavy (non-hydrogen) atoms. The van der Waals surface area contributed by atoms with E-state index in [2.05, 4.69) is 10.4 Å². The Bertz CT molecular complexity index is 681. The zero-order valence-corrected chi connectivity index (χ0v) is 12.6. The Labute approximate surface area is 124 Å². The lowest BCUT2D eigenvalue weighted by Crippen LogP contribution is -2.37. The normalized spacial score (nSPS) is 18.7. The minimum absolute atomic E-state index is 0.274. The van der Waals surface area contributed by atoms with Crippen molar-refractivity contribution in [3.05, 3.63) is 48.3 Å². The molecule has 0 bridgehead atoms. The summed E-state index contributed by atoms with van der Waals surface area (Å²) in [6, 6.07) is 12.2.